The molecule has 0 radical (unpaired) electrons. The van der Waals surface area contributed by atoms with Gasteiger partial charge in [0.15, 0.2) is 0 Å². The topological polar surface area (TPSA) is 81.8 Å². The van der Waals surface area contributed by atoms with Crippen molar-refractivity contribution in [1.82, 2.24) is 19.1 Å². The van der Waals surface area contributed by atoms with Crippen molar-refractivity contribution in [2.75, 3.05) is 5.32 Å². The van der Waals surface area contributed by atoms with Crippen LogP contribution in [0.4, 0.5) is 10.6 Å². The lowest BCUT2D eigenvalue weighted by Crippen LogP contribution is -2.26. The lowest BCUT2D eigenvalue weighted by molar-refractivity contribution is 0.253. The Labute approximate surface area is 122 Å². The number of anilines is 1. The van der Waals surface area contributed by atoms with Crippen molar-refractivity contribution in [2.45, 2.75) is 39.2 Å². The third-order valence-corrected chi connectivity index (χ3v) is 3.10. The third kappa shape index (κ3) is 4.27. The Bertz CT molecular complexity index is 633. The van der Waals surface area contributed by atoms with Crippen LogP contribution in [0.2, 0.25) is 0 Å². The number of nitrogens with zero attached hydrogens (tertiary/aromatic N) is 4. The Morgan fingerprint density at radius 3 is 2.81 bits per heavy atom. The van der Waals surface area contributed by atoms with E-state index in [2.05, 4.69) is 22.2 Å². The first-order valence-electron chi connectivity index (χ1n) is 7.07. The van der Waals surface area contributed by atoms with Gasteiger partial charge in [0.25, 0.3) is 0 Å². The molecule has 2 heterocycles. The molecule has 21 heavy (non-hydrogen) atoms. The van der Waals surface area contributed by atoms with Gasteiger partial charge in [-0.25, -0.2) is 14.6 Å². The van der Waals surface area contributed by atoms with Gasteiger partial charge in [-0.05, 0) is 12.5 Å². The van der Waals surface area contributed by atoms with Crippen LogP contribution < -0.4 is 11.0 Å². The highest BCUT2D eigenvalue weighted by Gasteiger charge is 2.06. The summed E-state index contributed by atoms with van der Waals surface area (Å²) in [6.45, 7) is 2.80. The molecule has 0 saturated heterocycles. The predicted molar refractivity (Wildman–Crippen MR) is 79.3 cm³/mol. The molecule has 0 atom stereocenters. The Morgan fingerprint density at radius 1 is 1.29 bits per heavy atom. The Kier molecular flexibility index (Phi) is 5.25. The summed E-state index contributed by atoms with van der Waals surface area (Å²) in [5.74, 6) is 0.239. The number of carbonyl (C=O) groups excluding carboxylic acids is 1. The van der Waals surface area contributed by atoms with Crippen LogP contribution in [0.1, 0.15) is 32.6 Å². The first kappa shape index (κ1) is 15.0. The van der Waals surface area contributed by atoms with Gasteiger partial charge in [-0.2, -0.15) is 4.98 Å². The molecule has 7 heteroatoms. The molecule has 0 aromatic carbocycles. The number of hydrogen-bond donors (Lipinski definition) is 1. The first-order chi connectivity index (χ1) is 10.2. The zero-order valence-corrected chi connectivity index (χ0v) is 12.0. The summed E-state index contributed by atoms with van der Waals surface area (Å²) in [4.78, 5) is 31.3. The maximum absolute atomic E-state index is 11.9. The Hall–Kier alpha value is -2.44. The zero-order chi connectivity index (χ0) is 15.1. The van der Waals surface area contributed by atoms with E-state index in [0.29, 0.717) is 6.54 Å². The molecule has 1 N–H and O–H groups in total. The van der Waals surface area contributed by atoms with Gasteiger partial charge in [-0.3, -0.25) is 14.5 Å². The van der Waals surface area contributed by atoms with Gasteiger partial charge in [0.2, 0.25) is 0 Å². The molecule has 0 aliphatic rings. The van der Waals surface area contributed by atoms with E-state index in [9.17, 15) is 9.59 Å². The summed E-state index contributed by atoms with van der Waals surface area (Å²) in [7, 11) is 0. The molecule has 2 aromatic heterocycles. The molecule has 2 rings (SSSR count). The van der Waals surface area contributed by atoms with Crippen LogP contribution in [0.5, 0.6) is 0 Å². The van der Waals surface area contributed by atoms with Gasteiger partial charge in [-0.15, -0.1) is 0 Å². The molecular weight excluding hydrogens is 270 g/mol. The maximum Gasteiger partial charge on any atom is 0.349 e. The molecule has 0 aliphatic heterocycles. The van der Waals surface area contributed by atoms with Crippen LogP contribution in [0.3, 0.4) is 0 Å². The second-order valence-electron chi connectivity index (χ2n) is 4.75. The van der Waals surface area contributed by atoms with E-state index in [1.54, 1.807) is 16.8 Å². The molecule has 0 saturated carbocycles. The van der Waals surface area contributed by atoms with E-state index in [4.69, 9.17) is 0 Å². The first-order valence-corrected chi connectivity index (χ1v) is 7.07. The van der Waals surface area contributed by atoms with Gasteiger partial charge in [0.05, 0.1) is 0 Å². The van der Waals surface area contributed by atoms with Crippen molar-refractivity contribution < 1.29 is 4.79 Å². The van der Waals surface area contributed by atoms with E-state index in [0.717, 1.165) is 19.3 Å². The molecule has 0 aliphatic carbocycles. The maximum atomic E-state index is 11.9. The minimum absolute atomic E-state index is 0.239. The van der Waals surface area contributed by atoms with Crippen molar-refractivity contribution >= 4 is 11.8 Å². The third-order valence-electron chi connectivity index (χ3n) is 3.10. The molecule has 112 valence electrons. The molecule has 0 unspecified atom stereocenters. The second-order valence-corrected chi connectivity index (χ2v) is 4.75. The van der Waals surface area contributed by atoms with Crippen molar-refractivity contribution in [1.29, 1.82) is 0 Å². The van der Waals surface area contributed by atoms with Crippen molar-refractivity contribution in [2.24, 2.45) is 0 Å². The van der Waals surface area contributed by atoms with Crippen LogP contribution >= 0.6 is 0 Å². The highest BCUT2D eigenvalue weighted by atomic mass is 16.2. The molecule has 1 amide bonds. The Balaban J connectivity index is 1.95. The zero-order valence-electron chi connectivity index (χ0n) is 12.0. The van der Waals surface area contributed by atoms with Crippen molar-refractivity contribution in [3.8, 4) is 0 Å². The van der Waals surface area contributed by atoms with Crippen molar-refractivity contribution in [3.63, 3.8) is 0 Å². The minimum Gasteiger partial charge on any atom is -0.299 e. The lowest BCUT2D eigenvalue weighted by atomic mass is 10.2. The van der Waals surface area contributed by atoms with Gasteiger partial charge in [0, 0.05) is 25.1 Å². The molecule has 0 spiro atoms. The number of hydrogen-bond acceptors (Lipinski definition) is 4. The smallest absolute Gasteiger partial charge is 0.299 e. The number of carbonyl (C=O) groups is 1. The monoisotopic (exact) mass is 289 g/mol. The highest BCUT2D eigenvalue weighted by Crippen LogP contribution is 2.03. The molecule has 7 nitrogen and oxygen atoms in total. The van der Waals surface area contributed by atoms with Crippen LogP contribution in [0.25, 0.3) is 0 Å². The standard InChI is InChI=1S/C14H19N5O2/c1-2-3-4-5-8-18-9-6-12(16-13(18)20)17-14(21)19-10-7-15-11-19/h6-7,9-11H,2-5,8H2,1H3,(H,16,17,20,21). The number of amides is 1. The number of rotatable bonds is 6. The van der Waals surface area contributed by atoms with Crippen LogP contribution in [0.15, 0.2) is 35.8 Å². The number of imidazole rings is 1. The normalized spacial score (nSPS) is 10.5. The number of aryl methyl sites for hydroxylation is 1. The largest absolute Gasteiger partial charge is 0.349 e. The number of nitrogens with one attached hydrogen (secondary N) is 1. The highest BCUT2D eigenvalue weighted by molar-refractivity contribution is 5.89. The summed E-state index contributed by atoms with van der Waals surface area (Å²) in [5.41, 5.74) is -0.352. The average molecular weight is 289 g/mol. The van der Waals surface area contributed by atoms with Gasteiger partial charge in [0.1, 0.15) is 12.1 Å². The van der Waals surface area contributed by atoms with Crippen LogP contribution in [-0.4, -0.2) is 25.1 Å². The van der Waals surface area contributed by atoms with Crippen LogP contribution in [0, 0.1) is 0 Å². The van der Waals surface area contributed by atoms with E-state index in [1.165, 1.54) is 29.7 Å². The predicted octanol–water partition coefficient (Wildman–Crippen LogP) is 2.10. The van der Waals surface area contributed by atoms with E-state index in [-0.39, 0.29) is 11.5 Å². The summed E-state index contributed by atoms with van der Waals surface area (Å²) < 4.78 is 2.83. The Morgan fingerprint density at radius 2 is 2.14 bits per heavy atom. The van der Waals surface area contributed by atoms with Crippen molar-refractivity contribution in [3.05, 3.63) is 41.5 Å². The number of aromatic nitrogens is 4. The van der Waals surface area contributed by atoms with E-state index in [1.807, 2.05) is 0 Å². The van der Waals surface area contributed by atoms with E-state index < -0.39 is 6.03 Å². The summed E-state index contributed by atoms with van der Waals surface area (Å²) in [5, 5.41) is 2.55. The quantitative estimate of drug-likeness (QED) is 0.826. The lowest BCUT2D eigenvalue weighted by Gasteiger charge is -2.07. The summed E-state index contributed by atoms with van der Waals surface area (Å²) in [6.07, 6.45) is 10.4. The summed E-state index contributed by atoms with van der Waals surface area (Å²) >= 11 is 0. The summed E-state index contributed by atoms with van der Waals surface area (Å²) in [6, 6.07) is 1.22. The molecule has 0 fully saturated rings. The average Bonchev–Trinajstić information content (AvgIpc) is 3.00. The number of unbranched alkanes of at least 4 members (excludes halogenated alkanes) is 3. The molecule has 0 bridgehead atoms. The fourth-order valence-electron chi connectivity index (χ4n) is 1.93. The fraction of sp³-hybridized carbons (Fsp3) is 0.429. The SMILES string of the molecule is CCCCCCn1ccc(NC(=O)n2ccnc2)nc1=O. The van der Waals surface area contributed by atoms with E-state index >= 15 is 0 Å². The van der Waals surface area contributed by atoms with Gasteiger partial charge in [-0.1, -0.05) is 26.2 Å². The second kappa shape index (κ2) is 7.37. The van der Waals surface area contributed by atoms with Gasteiger partial charge >= 0.3 is 11.7 Å². The molecule has 2 aromatic rings. The minimum atomic E-state index is -0.403. The van der Waals surface area contributed by atoms with Crippen LogP contribution in [-0.2, 0) is 6.54 Å². The molecular formula is C14H19N5O2. The van der Waals surface area contributed by atoms with Gasteiger partial charge < -0.3 is 0 Å². The fourth-order valence-corrected chi connectivity index (χ4v) is 1.93.